The number of amides is 3. The minimum atomic E-state index is -0.606. The number of rotatable bonds is 4. The van der Waals surface area contributed by atoms with Crippen LogP contribution in [0.4, 0.5) is 0 Å². The van der Waals surface area contributed by atoms with Crippen LogP contribution < -0.4 is 16.3 Å². The van der Waals surface area contributed by atoms with Crippen molar-refractivity contribution in [1.29, 1.82) is 0 Å². The first-order valence-corrected chi connectivity index (χ1v) is 9.58. The molecule has 0 bridgehead atoms. The summed E-state index contributed by atoms with van der Waals surface area (Å²) in [5.74, 6) is -0.834. The van der Waals surface area contributed by atoms with Gasteiger partial charge in [-0.25, -0.2) is 5.43 Å². The van der Waals surface area contributed by atoms with Crippen LogP contribution in [-0.2, 0) is 6.42 Å². The molecule has 3 N–H and O–H groups in total. The Hall–Kier alpha value is -4.21. The number of hydrogen-bond acceptors (Lipinski definition) is 7. The summed E-state index contributed by atoms with van der Waals surface area (Å²) in [5, 5.41) is 4.26. The fourth-order valence-electron chi connectivity index (χ4n) is 3.32. The van der Waals surface area contributed by atoms with Gasteiger partial charge in [0.25, 0.3) is 5.91 Å². The van der Waals surface area contributed by atoms with Crippen molar-refractivity contribution in [3.05, 3.63) is 76.9 Å². The Balaban J connectivity index is 1.49. The van der Waals surface area contributed by atoms with Crippen molar-refractivity contribution in [3.63, 3.8) is 0 Å². The maximum absolute atomic E-state index is 12.5. The van der Waals surface area contributed by atoms with Crippen LogP contribution in [0.25, 0.3) is 0 Å². The molecule has 0 unspecified atom stereocenters. The predicted molar refractivity (Wildman–Crippen MR) is 108 cm³/mol. The lowest BCUT2D eigenvalue weighted by molar-refractivity contribution is 0.0815. The smallest absolute Gasteiger partial charge is 0.305 e. The van der Waals surface area contributed by atoms with Crippen LogP contribution in [0.1, 0.15) is 61.2 Å². The lowest BCUT2D eigenvalue weighted by atomic mass is 9.93. The molecule has 0 radical (unpaired) electrons. The van der Waals surface area contributed by atoms with Gasteiger partial charge in [0.1, 0.15) is 5.76 Å². The number of carbonyl (C=O) groups excluding carboxylic acids is 3. The number of hydrazine groups is 1. The van der Waals surface area contributed by atoms with Gasteiger partial charge in [-0.15, -0.1) is 0 Å². The van der Waals surface area contributed by atoms with Gasteiger partial charge in [0, 0.05) is 29.9 Å². The third kappa shape index (κ3) is 4.22. The SMILES string of the molecule is Cc1c(C(=O)NNC(=O)c2ccco2)oc2c1/C(=N/NC(=O)c1cccnc1)CCC2. The first kappa shape index (κ1) is 20.1. The molecule has 0 fully saturated rings. The number of nitrogens with zero attached hydrogens (tertiary/aromatic N) is 2. The van der Waals surface area contributed by atoms with Crippen LogP contribution in [0.5, 0.6) is 0 Å². The predicted octanol–water partition coefficient (Wildman–Crippen LogP) is 2.12. The molecule has 31 heavy (non-hydrogen) atoms. The third-order valence-corrected chi connectivity index (χ3v) is 4.78. The fraction of sp³-hybridized carbons (Fsp3) is 0.190. The summed E-state index contributed by atoms with van der Waals surface area (Å²) in [6, 6.07) is 6.34. The molecular formula is C21H19N5O5. The second-order valence-corrected chi connectivity index (χ2v) is 6.83. The number of nitrogens with one attached hydrogen (secondary N) is 3. The topological polar surface area (TPSA) is 139 Å². The van der Waals surface area contributed by atoms with Gasteiger partial charge in [-0.1, -0.05) is 0 Å². The Kier molecular flexibility index (Phi) is 5.61. The summed E-state index contributed by atoms with van der Waals surface area (Å²) in [6.07, 6.45) is 6.40. The Morgan fingerprint density at radius 1 is 1.06 bits per heavy atom. The van der Waals surface area contributed by atoms with E-state index in [9.17, 15) is 14.4 Å². The highest BCUT2D eigenvalue weighted by Gasteiger charge is 2.28. The van der Waals surface area contributed by atoms with E-state index in [-0.39, 0.29) is 17.4 Å². The largest absolute Gasteiger partial charge is 0.459 e. The van der Waals surface area contributed by atoms with Gasteiger partial charge >= 0.3 is 11.8 Å². The molecule has 0 aliphatic heterocycles. The van der Waals surface area contributed by atoms with Gasteiger partial charge in [-0.3, -0.25) is 30.2 Å². The van der Waals surface area contributed by atoms with E-state index < -0.39 is 11.8 Å². The van der Waals surface area contributed by atoms with Gasteiger partial charge in [-0.05, 0) is 44.0 Å². The normalized spacial score (nSPS) is 14.0. The number of fused-ring (bicyclic) bond motifs is 1. The number of furan rings is 2. The number of aromatic nitrogens is 1. The molecule has 158 valence electrons. The van der Waals surface area contributed by atoms with Crippen LogP contribution in [-0.4, -0.2) is 28.4 Å². The molecule has 0 saturated carbocycles. The van der Waals surface area contributed by atoms with Crippen LogP contribution in [0.2, 0.25) is 0 Å². The highest BCUT2D eigenvalue weighted by molar-refractivity contribution is 6.07. The van der Waals surface area contributed by atoms with Crippen molar-refractivity contribution in [1.82, 2.24) is 21.3 Å². The zero-order chi connectivity index (χ0) is 21.8. The molecular weight excluding hydrogens is 402 g/mol. The molecule has 10 nitrogen and oxygen atoms in total. The Morgan fingerprint density at radius 2 is 1.90 bits per heavy atom. The molecule has 0 aromatic carbocycles. The summed E-state index contributed by atoms with van der Waals surface area (Å²) in [7, 11) is 0. The second kappa shape index (κ2) is 8.66. The summed E-state index contributed by atoms with van der Waals surface area (Å²) >= 11 is 0. The van der Waals surface area contributed by atoms with Crippen LogP contribution >= 0.6 is 0 Å². The number of hydrazone groups is 1. The average molecular weight is 421 g/mol. The first-order valence-electron chi connectivity index (χ1n) is 9.58. The molecule has 0 saturated heterocycles. The zero-order valence-corrected chi connectivity index (χ0v) is 16.6. The molecule has 3 aromatic heterocycles. The van der Waals surface area contributed by atoms with Crippen molar-refractivity contribution < 1.29 is 23.2 Å². The first-order chi connectivity index (χ1) is 15.0. The minimum absolute atomic E-state index is 0.0644. The van der Waals surface area contributed by atoms with Crippen LogP contribution in [0.15, 0.2) is 56.9 Å². The monoisotopic (exact) mass is 421 g/mol. The standard InChI is InChI=1S/C21H19N5O5/c1-12-17-14(23-24-19(27)13-5-3-9-22-11-13)6-2-7-15(17)31-18(12)21(29)26-25-20(28)16-8-4-10-30-16/h3-5,8-11H,2,6-7H2,1H3,(H,24,27)(H,25,28)(H,26,29)/b23-14+. The molecule has 4 rings (SSSR count). The molecule has 3 aromatic rings. The highest BCUT2D eigenvalue weighted by Crippen LogP contribution is 2.29. The van der Waals surface area contributed by atoms with Gasteiger partial charge in [0.05, 0.1) is 17.5 Å². The molecule has 0 spiro atoms. The summed E-state index contributed by atoms with van der Waals surface area (Å²) in [4.78, 5) is 40.6. The second-order valence-electron chi connectivity index (χ2n) is 6.83. The van der Waals surface area contributed by atoms with E-state index in [1.807, 2.05) is 0 Å². The quantitative estimate of drug-likeness (QED) is 0.552. The molecule has 1 aliphatic carbocycles. The van der Waals surface area contributed by atoms with Crippen molar-refractivity contribution in [2.24, 2.45) is 5.10 Å². The van der Waals surface area contributed by atoms with Gasteiger partial charge in [0.15, 0.2) is 11.5 Å². The van der Waals surface area contributed by atoms with Gasteiger partial charge in [-0.2, -0.15) is 5.10 Å². The average Bonchev–Trinajstić information content (AvgIpc) is 3.45. The van der Waals surface area contributed by atoms with Gasteiger partial charge < -0.3 is 8.83 Å². The van der Waals surface area contributed by atoms with E-state index in [4.69, 9.17) is 8.83 Å². The van der Waals surface area contributed by atoms with Gasteiger partial charge in [0.2, 0.25) is 0 Å². The van der Waals surface area contributed by atoms with E-state index >= 15 is 0 Å². The van der Waals surface area contributed by atoms with E-state index in [1.54, 1.807) is 31.3 Å². The molecule has 1 aliphatic rings. The maximum atomic E-state index is 12.5. The van der Waals surface area contributed by atoms with E-state index in [1.165, 1.54) is 18.5 Å². The third-order valence-electron chi connectivity index (χ3n) is 4.78. The molecule has 3 amide bonds. The molecule has 0 atom stereocenters. The maximum Gasteiger partial charge on any atom is 0.305 e. The zero-order valence-electron chi connectivity index (χ0n) is 16.6. The summed E-state index contributed by atoms with van der Waals surface area (Å²) in [6.45, 7) is 1.73. The highest BCUT2D eigenvalue weighted by atomic mass is 16.4. The summed E-state index contributed by atoms with van der Waals surface area (Å²) < 4.78 is 10.7. The number of aryl methyl sites for hydroxylation is 1. The number of carbonyl (C=O) groups is 3. The Labute approximate surface area is 176 Å². The van der Waals surface area contributed by atoms with Crippen molar-refractivity contribution in [2.75, 3.05) is 0 Å². The van der Waals surface area contributed by atoms with Crippen LogP contribution in [0, 0.1) is 6.92 Å². The number of pyridine rings is 1. The van der Waals surface area contributed by atoms with Crippen molar-refractivity contribution in [3.8, 4) is 0 Å². The van der Waals surface area contributed by atoms with Crippen molar-refractivity contribution in [2.45, 2.75) is 26.2 Å². The Morgan fingerprint density at radius 3 is 2.65 bits per heavy atom. The van der Waals surface area contributed by atoms with E-state index in [0.717, 1.165) is 6.42 Å². The number of hydrogen-bond donors (Lipinski definition) is 3. The molecule has 10 heteroatoms. The van der Waals surface area contributed by atoms with E-state index in [0.29, 0.717) is 41.0 Å². The lowest BCUT2D eigenvalue weighted by Crippen LogP contribution is -2.41. The fourth-order valence-corrected chi connectivity index (χ4v) is 3.32. The summed E-state index contributed by atoms with van der Waals surface area (Å²) in [5.41, 5.74) is 9.40. The Bertz CT molecular complexity index is 1150. The minimum Gasteiger partial charge on any atom is -0.459 e. The lowest BCUT2D eigenvalue weighted by Gasteiger charge is -2.13. The van der Waals surface area contributed by atoms with Crippen molar-refractivity contribution >= 4 is 23.4 Å². The van der Waals surface area contributed by atoms with E-state index in [2.05, 4.69) is 26.4 Å². The van der Waals surface area contributed by atoms with Crippen LogP contribution in [0.3, 0.4) is 0 Å². The molecule has 3 heterocycles.